The Morgan fingerprint density at radius 2 is 1.75 bits per heavy atom. The molecule has 2 aromatic rings. The Morgan fingerprint density at radius 1 is 0.940 bits per heavy atom. The van der Waals surface area contributed by atoms with E-state index in [1.54, 1.807) is 42.2 Å². The minimum Gasteiger partial charge on any atom is -0.485 e. The Hall–Kier alpha value is -2.86. The number of fused-ring (bicyclic) bond motifs is 11. The van der Waals surface area contributed by atoms with Crippen molar-refractivity contribution in [1.82, 2.24) is 16.0 Å². The zero-order chi connectivity index (χ0) is 59.1. The lowest BCUT2D eigenvalue weighted by Crippen LogP contribution is -2.86. The largest absolute Gasteiger partial charge is 0.485 e. The van der Waals surface area contributed by atoms with E-state index in [1.165, 1.54) is 19.3 Å². The molecule has 5 bridgehead atoms. The summed E-state index contributed by atoms with van der Waals surface area (Å²) in [6, 6.07) is 4.02. The fraction of sp³-hybridized carbons (Fsp3) is 0.812. The topological polar surface area (TPSA) is 283 Å². The third kappa shape index (κ3) is 11.8. The molecule has 16 atom stereocenters. The standard InChI is InChI=1S/C64H99N5O13S2/c1-4-78-51(73)18-15-41-33-42-23-31-79-53(42)55-54(41)81-57-64(77)52-43(14-16-47(71)46(52)37-70)35-62(76,56(64)74)63(82-57)38-83-84-61(49(67-30-32-80-55)17-13-39(2)9-8-12-50(63)72)29-28-59(24-19-40(34-59)36-66-3)48(61)22-27-60(75)25-20-45(21-26-60)69-58(65)68-44-10-6-5-7-11-44/h14,16,23,31,33,39-40,43-50,52,56-57,66-67,70-72,74-77H,4-13,15,17-22,24-30,32,34-38H2,1-3H3,(H3,65,68,69)/t39-,40+,43+,45?,46-,47+,48-,49+,50-,52+,56+,57-,59+,60?,61+,62+,63-,64-/m1/s1. The Bertz CT molecular complexity index is 2630. The molecular formula is C64H99N5O13S2. The number of carbonyl (C=O) groups excluding carboxylic acids is 1. The van der Waals surface area contributed by atoms with Crippen LogP contribution in [0, 0.1) is 40.9 Å². The molecule has 3 spiro atoms. The molecular weight excluding hydrogens is 1110 g/mol. The SMILES string of the molecule is CCOC(=O)CCc1cc2ccoc2c2c1O[C@@H]1O[C@@]3(CSS[C@]4(CC[C@]5(CC[C@H](CNC)C5)[C@H]4CCC4(O)CCC(N=C(N)NC5CCCCC5)CC4)[C@H](CC[C@H](C)CCC[C@H]3O)NCCO2)[C@]2(O)C[C@@H]3C=C[C@H](O)[C@@H](CO)[C@H]3[C@@]1(O)[C@H]2O. The van der Waals surface area contributed by atoms with Crippen molar-refractivity contribution >= 4 is 44.5 Å². The number of guanidine groups is 1. The number of nitrogens with one attached hydrogen (secondary N) is 3. The van der Waals surface area contributed by atoms with Crippen molar-refractivity contribution in [3.8, 4) is 11.5 Å². The molecule has 18 nitrogen and oxygen atoms in total. The Morgan fingerprint density at radius 3 is 2.52 bits per heavy atom. The van der Waals surface area contributed by atoms with Gasteiger partial charge in [0.25, 0.3) is 0 Å². The van der Waals surface area contributed by atoms with E-state index < -0.39 is 82.1 Å². The normalized spacial score (nSPS) is 42.3. The second-order valence-electron chi connectivity index (χ2n) is 27.5. The Kier molecular flexibility index (Phi) is 19.4. The fourth-order valence-electron chi connectivity index (χ4n) is 18.1. The average Bonchev–Trinajstić information content (AvgIpc) is 1.04. The van der Waals surface area contributed by atoms with Crippen molar-refractivity contribution in [2.24, 2.45) is 51.6 Å². The predicted molar refractivity (Wildman–Crippen MR) is 325 cm³/mol. The first kappa shape index (κ1) is 62.7. The summed E-state index contributed by atoms with van der Waals surface area (Å²) in [7, 11) is 5.42. The van der Waals surface area contributed by atoms with Gasteiger partial charge in [-0.05, 0) is 183 Å². The molecule has 0 radical (unpaired) electrons. The van der Waals surface area contributed by atoms with Crippen LogP contribution in [0.3, 0.4) is 0 Å². The number of nitrogens with zero attached hydrogens (tertiary/aromatic N) is 1. The number of furan rings is 1. The minimum atomic E-state index is -2.51. The van der Waals surface area contributed by atoms with E-state index in [0.717, 1.165) is 90.0 Å². The van der Waals surface area contributed by atoms with Crippen LogP contribution in [0.25, 0.3) is 11.0 Å². The zero-order valence-corrected chi connectivity index (χ0v) is 51.7. The number of aliphatic imine (C=N–C) groups is 1. The maximum absolute atomic E-state index is 13.9. The van der Waals surface area contributed by atoms with Crippen LogP contribution < -0.4 is 31.2 Å². The number of allylic oxidation sites excluding steroid dienone is 1. The van der Waals surface area contributed by atoms with Crippen LogP contribution in [0.4, 0.5) is 0 Å². The molecule has 2 saturated heterocycles. The molecule has 6 aliphatic carbocycles. The second-order valence-corrected chi connectivity index (χ2v) is 30.1. The van der Waals surface area contributed by atoms with E-state index in [0.29, 0.717) is 66.7 Å². The first-order valence-corrected chi connectivity index (χ1v) is 34.7. The number of aliphatic hydroxyl groups excluding tert-OH is 4. The van der Waals surface area contributed by atoms with Crippen molar-refractivity contribution in [3.63, 3.8) is 0 Å². The lowest BCUT2D eigenvalue weighted by Gasteiger charge is -2.67. The van der Waals surface area contributed by atoms with Crippen LogP contribution in [0.5, 0.6) is 11.5 Å². The molecule has 3 aliphatic heterocycles. The van der Waals surface area contributed by atoms with Crippen LogP contribution in [-0.2, 0) is 20.7 Å². The van der Waals surface area contributed by atoms with Crippen LogP contribution >= 0.6 is 21.6 Å². The quantitative estimate of drug-likeness (QED) is 0.0337. The lowest BCUT2D eigenvalue weighted by atomic mass is 9.50. The maximum atomic E-state index is 13.9. The van der Waals surface area contributed by atoms with Gasteiger partial charge in [-0.3, -0.25) is 9.79 Å². The number of aliphatic hydroxyl groups is 7. The van der Waals surface area contributed by atoms with E-state index in [1.807, 2.05) is 23.9 Å². The molecule has 1 aromatic heterocycles. The molecule has 0 unspecified atom stereocenters. The molecule has 9 aliphatic rings. The Balaban J connectivity index is 1.01. The monoisotopic (exact) mass is 1210 g/mol. The number of benzene rings is 1. The predicted octanol–water partition coefficient (Wildman–Crippen LogP) is 6.94. The second kappa shape index (κ2) is 25.9. The molecule has 20 heteroatoms. The summed E-state index contributed by atoms with van der Waals surface area (Å²) in [6.45, 7) is 5.19. The number of carbonyl (C=O) groups is 1. The highest BCUT2D eigenvalue weighted by Gasteiger charge is 2.78. The third-order valence-corrected chi connectivity index (χ3v) is 25.9. The molecule has 7 fully saturated rings. The summed E-state index contributed by atoms with van der Waals surface area (Å²) < 4.78 is 32.7. The summed E-state index contributed by atoms with van der Waals surface area (Å²) in [6.07, 6.45) is 17.1. The van der Waals surface area contributed by atoms with E-state index in [-0.39, 0.29) is 85.5 Å². The molecule has 5 saturated carbocycles. The van der Waals surface area contributed by atoms with Gasteiger partial charge < -0.3 is 80.8 Å². The molecule has 4 heterocycles. The van der Waals surface area contributed by atoms with Gasteiger partial charge in [-0.15, -0.1) is 0 Å². The van der Waals surface area contributed by atoms with Crippen molar-refractivity contribution < 1.29 is 63.9 Å². The van der Waals surface area contributed by atoms with Crippen molar-refractivity contribution in [3.05, 3.63) is 36.1 Å². The third-order valence-electron chi connectivity index (χ3n) is 22.5. The van der Waals surface area contributed by atoms with Crippen molar-refractivity contribution in [1.29, 1.82) is 0 Å². The summed E-state index contributed by atoms with van der Waals surface area (Å²) >= 11 is 0. The summed E-state index contributed by atoms with van der Waals surface area (Å²) in [5, 5.41) is 101. The average molecular weight is 1210 g/mol. The first-order valence-electron chi connectivity index (χ1n) is 32.4. The van der Waals surface area contributed by atoms with Crippen LogP contribution in [0.15, 0.2) is 40.0 Å². The molecule has 470 valence electrons. The highest BCUT2D eigenvalue weighted by molar-refractivity contribution is 8.77. The van der Waals surface area contributed by atoms with Gasteiger partial charge in [0.1, 0.15) is 23.9 Å². The van der Waals surface area contributed by atoms with Gasteiger partial charge in [0, 0.05) is 59.4 Å². The van der Waals surface area contributed by atoms with Crippen LogP contribution in [-0.4, -0.2) is 163 Å². The molecule has 1 aromatic carbocycles. The molecule has 12 N–H and O–H groups in total. The molecule has 84 heavy (non-hydrogen) atoms. The molecule has 11 rings (SSSR count). The zero-order valence-electron chi connectivity index (χ0n) is 50.0. The number of hydrogen-bond acceptors (Lipinski definition) is 18. The van der Waals surface area contributed by atoms with E-state index in [9.17, 15) is 40.5 Å². The number of esters is 1. The van der Waals surface area contributed by atoms with Gasteiger partial charge in [0.15, 0.2) is 22.9 Å². The number of hydrogen-bond donors (Lipinski definition) is 11. The highest BCUT2D eigenvalue weighted by Crippen LogP contribution is 2.69. The van der Waals surface area contributed by atoms with Crippen molar-refractivity contribution in [2.45, 2.75) is 238 Å². The smallest absolute Gasteiger partial charge is 0.306 e. The summed E-state index contributed by atoms with van der Waals surface area (Å²) in [5.41, 5.74) is -0.283. The minimum absolute atomic E-state index is 0.0114. The molecule has 0 amide bonds. The van der Waals surface area contributed by atoms with Gasteiger partial charge in [0.2, 0.25) is 12.0 Å². The first-order chi connectivity index (χ1) is 40.4. The van der Waals surface area contributed by atoms with Gasteiger partial charge in [-0.2, -0.15) is 0 Å². The van der Waals surface area contributed by atoms with E-state index >= 15 is 0 Å². The number of rotatable bonds is 12. The van der Waals surface area contributed by atoms with Gasteiger partial charge in [-0.25, -0.2) is 0 Å². The van der Waals surface area contributed by atoms with Crippen LogP contribution in [0.2, 0.25) is 0 Å². The van der Waals surface area contributed by atoms with Gasteiger partial charge in [0.05, 0.1) is 36.7 Å². The Labute approximate surface area is 504 Å². The summed E-state index contributed by atoms with van der Waals surface area (Å²) in [5.74, 6) is -1.54. The van der Waals surface area contributed by atoms with Gasteiger partial charge in [-0.1, -0.05) is 72.8 Å². The maximum Gasteiger partial charge on any atom is 0.306 e. The van der Waals surface area contributed by atoms with Crippen LogP contribution in [0.1, 0.15) is 167 Å². The number of ether oxygens (including phenoxy) is 4. The van der Waals surface area contributed by atoms with E-state index in [4.69, 9.17) is 34.1 Å². The highest BCUT2D eigenvalue weighted by atomic mass is 33.1. The lowest BCUT2D eigenvalue weighted by molar-refractivity contribution is -0.424. The number of aryl methyl sites for hydroxylation is 1. The van der Waals surface area contributed by atoms with Gasteiger partial charge >= 0.3 is 5.97 Å². The fourth-order valence-corrected chi connectivity index (χ4v) is 22.4. The summed E-state index contributed by atoms with van der Waals surface area (Å²) in [4.78, 5) is 18.1. The van der Waals surface area contributed by atoms with E-state index in [2.05, 4.69) is 22.9 Å². The van der Waals surface area contributed by atoms with Crippen molar-refractivity contribution in [2.75, 3.05) is 45.7 Å². The number of nitrogens with two attached hydrogens (primary N) is 1.